The number of carboxylic acids is 2. The van der Waals surface area contributed by atoms with Crippen molar-refractivity contribution < 1.29 is 39.0 Å². The lowest BCUT2D eigenvalue weighted by Gasteiger charge is -2.24. The van der Waals surface area contributed by atoms with Gasteiger partial charge in [-0.15, -0.1) is 0 Å². The van der Waals surface area contributed by atoms with Gasteiger partial charge in [-0.1, -0.05) is 82.6 Å². The number of hydrogen-bond acceptors (Lipinski definition) is 6. The third kappa shape index (κ3) is 15.0. The third-order valence-corrected chi connectivity index (χ3v) is 8.19. The van der Waals surface area contributed by atoms with Crippen molar-refractivity contribution in [3.05, 3.63) is 94.5 Å². The number of hydrogen-bond donors (Lipinski definition) is 7. The van der Waals surface area contributed by atoms with Gasteiger partial charge >= 0.3 is 18.0 Å². The van der Waals surface area contributed by atoms with Gasteiger partial charge in [0, 0.05) is 35.7 Å². The van der Waals surface area contributed by atoms with Gasteiger partial charge in [-0.2, -0.15) is 0 Å². The van der Waals surface area contributed by atoms with Crippen LogP contribution in [0.3, 0.4) is 0 Å². The van der Waals surface area contributed by atoms with Crippen LogP contribution in [0.1, 0.15) is 64.2 Å². The lowest BCUT2D eigenvalue weighted by molar-refractivity contribution is -0.142. The molecule has 0 radical (unpaired) electrons. The van der Waals surface area contributed by atoms with Crippen LogP contribution in [-0.4, -0.2) is 64.0 Å². The van der Waals surface area contributed by atoms with Crippen molar-refractivity contribution >= 4 is 58.7 Å². The van der Waals surface area contributed by atoms with E-state index >= 15 is 0 Å². The topological polar surface area (TPSA) is 203 Å². The predicted molar refractivity (Wildman–Crippen MR) is 203 cm³/mol. The Kier molecular flexibility index (Phi) is 15.4. The average molecular weight is 750 g/mol. The van der Waals surface area contributed by atoms with E-state index in [0.29, 0.717) is 33.1 Å². The Balaban J connectivity index is 1.64. The number of anilines is 2. The first-order chi connectivity index (χ1) is 24.9. The number of carboxylic acid groups (broad SMARTS) is 2. The van der Waals surface area contributed by atoms with Crippen molar-refractivity contribution in [1.29, 1.82) is 0 Å². The molecule has 5 amide bonds. The van der Waals surface area contributed by atoms with E-state index in [-0.39, 0.29) is 43.4 Å². The van der Waals surface area contributed by atoms with Gasteiger partial charge < -0.3 is 36.8 Å². The van der Waals surface area contributed by atoms with E-state index in [1.54, 1.807) is 72.8 Å². The van der Waals surface area contributed by atoms with Gasteiger partial charge in [0.25, 0.3) is 0 Å². The number of benzene rings is 3. The van der Waals surface area contributed by atoms with Crippen molar-refractivity contribution in [2.45, 2.75) is 84.8 Å². The second-order valence-corrected chi connectivity index (χ2v) is 14.9. The van der Waals surface area contributed by atoms with E-state index in [0.717, 1.165) is 0 Å². The van der Waals surface area contributed by atoms with Gasteiger partial charge in [-0.25, -0.2) is 14.4 Å². The summed E-state index contributed by atoms with van der Waals surface area (Å²) < 4.78 is 0. The molecule has 284 valence electrons. The summed E-state index contributed by atoms with van der Waals surface area (Å²) in [7, 11) is 0. The van der Waals surface area contributed by atoms with E-state index in [1.165, 1.54) is 0 Å². The van der Waals surface area contributed by atoms with E-state index in [2.05, 4.69) is 26.6 Å². The summed E-state index contributed by atoms with van der Waals surface area (Å²) >= 11 is 5.88. The number of amides is 5. The minimum atomic E-state index is -1.40. The first-order valence-corrected chi connectivity index (χ1v) is 17.6. The molecule has 7 N–H and O–H groups in total. The van der Waals surface area contributed by atoms with E-state index < -0.39 is 53.8 Å². The highest BCUT2D eigenvalue weighted by Gasteiger charge is 2.29. The molecule has 0 fully saturated rings. The van der Waals surface area contributed by atoms with Crippen molar-refractivity contribution in [2.75, 3.05) is 10.6 Å². The van der Waals surface area contributed by atoms with Gasteiger partial charge in [0.2, 0.25) is 17.7 Å². The minimum Gasteiger partial charge on any atom is -0.480 e. The molecule has 3 atom stereocenters. The molecule has 3 aromatic rings. The highest BCUT2D eigenvalue weighted by atomic mass is 35.5. The number of aliphatic carboxylic acids is 2. The molecule has 0 aliphatic rings. The van der Waals surface area contributed by atoms with Gasteiger partial charge in [0.1, 0.15) is 18.1 Å². The molecule has 53 heavy (non-hydrogen) atoms. The van der Waals surface area contributed by atoms with Crippen LogP contribution in [0.25, 0.3) is 0 Å². The maximum absolute atomic E-state index is 13.5. The molecule has 0 aromatic heterocycles. The molecule has 0 aliphatic heterocycles. The van der Waals surface area contributed by atoms with Crippen molar-refractivity contribution in [3.63, 3.8) is 0 Å². The molecular weight excluding hydrogens is 702 g/mol. The average Bonchev–Trinajstić information content (AvgIpc) is 3.05. The highest BCUT2D eigenvalue weighted by molar-refractivity contribution is 6.30. The third-order valence-electron chi connectivity index (χ3n) is 7.94. The molecule has 0 saturated heterocycles. The lowest BCUT2D eigenvalue weighted by Crippen LogP contribution is -2.53. The zero-order valence-corrected chi connectivity index (χ0v) is 31.3. The van der Waals surface area contributed by atoms with Gasteiger partial charge in [0.05, 0.1) is 6.42 Å². The Hall–Kier alpha value is -5.43. The number of carbonyl (C=O) groups is 6. The number of rotatable bonds is 17. The number of nitrogens with one attached hydrogen (secondary N) is 5. The molecule has 0 spiro atoms. The second kappa shape index (κ2) is 19.4. The van der Waals surface area contributed by atoms with E-state index in [9.17, 15) is 39.0 Å². The van der Waals surface area contributed by atoms with Crippen LogP contribution < -0.4 is 26.6 Å². The first kappa shape index (κ1) is 42.0. The summed E-state index contributed by atoms with van der Waals surface area (Å²) in [4.78, 5) is 75.9. The summed E-state index contributed by atoms with van der Waals surface area (Å²) in [6.07, 6.45) is 0.0177. The summed E-state index contributed by atoms with van der Waals surface area (Å²) in [5.41, 5.74) is 2.30. The van der Waals surface area contributed by atoms with Crippen LogP contribution >= 0.6 is 11.6 Å². The van der Waals surface area contributed by atoms with E-state index in [4.69, 9.17) is 11.6 Å². The molecule has 0 saturated carbocycles. The number of urea groups is 1. The molecule has 13 nitrogen and oxygen atoms in total. The fourth-order valence-corrected chi connectivity index (χ4v) is 5.59. The quantitative estimate of drug-likeness (QED) is 0.0948. The molecule has 3 rings (SSSR count). The van der Waals surface area contributed by atoms with Crippen LogP contribution in [0, 0.1) is 11.3 Å². The lowest BCUT2D eigenvalue weighted by atomic mass is 9.91. The molecule has 0 bridgehead atoms. The van der Waals surface area contributed by atoms with Gasteiger partial charge in [-0.05, 0) is 70.8 Å². The second-order valence-electron chi connectivity index (χ2n) is 14.5. The van der Waals surface area contributed by atoms with E-state index in [1.807, 2.05) is 34.6 Å². The molecule has 3 unspecified atom stereocenters. The largest absolute Gasteiger partial charge is 0.480 e. The molecular formula is C39H48ClN5O8. The van der Waals surface area contributed by atoms with Gasteiger partial charge in [-0.3, -0.25) is 14.4 Å². The van der Waals surface area contributed by atoms with Crippen LogP contribution in [-0.2, 0) is 43.2 Å². The molecule has 0 heterocycles. The zero-order chi connectivity index (χ0) is 39.3. The molecule has 0 aliphatic carbocycles. The summed E-state index contributed by atoms with van der Waals surface area (Å²) in [6, 6.07) is 15.7. The number of carbonyl (C=O) groups excluding carboxylic acids is 4. The Morgan fingerprint density at radius 1 is 0.660 bits per heavy atom. The zero-order valence-electron chi connectivity index (χ0n) is 30.5. The minimum absolute atomic E-state index is 0.0270. The van der Waals surface area contributed by atoms with Gasteiger partial charge in [0.15, 0.2) is 0 Å². The fraction of sp³-hybridized carbons (Fsp3) is 0.385. The Morgan fingerprint density at radius 2 is 1.13 bits per heavy atom. The fourth-order valence-electron chi connectivity index (χ4n) is 5.46. The Morgan fingerprint density at radius 3 is 1.60 bits per heavy atom. The van der Waals surface area contributed by atoms with Crippen molar-refractivity contribution in [1.82, 2.24) is 16.0 Å². The van der Waals surface area contributed by atoms with Crippen molar-refractivity contribution in [3.8, 4) is 0 Å². The maximum atomic E-state index is 13.5. The summed E-state index contributed by atoms with van der Waals surface area (Å²) in [5.74, 6) is -4.13. The summed E-state index contributed by atoms with van der Waals surface area (Å²) in [5, 5.41) is 33.7. The van der Waals surface area contributed by atoms with Crippen LogP contribution in [0.5, 0.6) is 0 Å². The monoisotopic (exact) mass is 749 g/mol. The Bertz CT molecular complexity index is 1760. The molecule has 14 heteroatoms. The summed E-state index contributed by atoms with van der Waals surface area (Å²) in [6.45, 7) is 9.32. The number of halogens is 1. The highest BCUT2D eigenvalue weighted by Crippen LogP contribution is 2.20. The molecule has 3 aromatic carbocycles. The van der Waals surface area contributed by atoms with Crippen LogP contribution in [0.4, 0.5) is 16.2 Å². The van der Waals surface area contributed by atoms with Crippen LogP contribution in [0.15, 0.2) is 72.8 Å². The smallest absolute Gasteiger partial charge is 0.326 e. The normalized spacial score (nSPS) is 12.9. The SMILES string of the molecule is CC(C)CC(NC(=O)Cc1ccc(NC(=O)Nc2ccc(Cl)cc2)cc1)C(=O)NC(Cc1ccccc1CC(NC(=O)CC(C)(C)C)C(=O)O)C(=O)O. The standard InChI is InChI=1S/C39H48ClN5O8/c1-23(2)18-30(43-33(46)19-24-10-14-28(15-11-24)41-38(53)42-29-16-12-27(40)13-17-29)35(48)45-32(37(51)52)21-26-9-7-6-8-25(26)20-31(36(49)50)44-34(47)22-39(3,4)5/h6-17,23,30-32H,18-22H2,1-5H3,(H,43,46)(H,44,47)(H,45,48)(H,49,50)(H,51,52)(H2,41,42,53). The predicted octanol–water partition coefficient (Wildman–Crippen LogP) is 5.42. The Labute approximate surface area is 314 Å². The first-order valence-electron chi connectivity index (χ1n) is 17.2. The van der Waals surface area contributed by atoms with Crippen molar-refractivity contribution in [2.24, 2.45) is 11.3 Å². The van der Waals surface area contributed by atoms with Crippen LogP contribution in [0.2, 0.25) is 5.02 Å². The maximum Gasteiger partial charge on any atom is 0.326 e.